The smallest absolute Gasteiger partial charge is 0.267 e. The number of amides is 2. The normalized spacial score (nSPS) is 18.3. The van der Waals surface area contributed by atoms with Gasteiger partial charge in [-0.05, 0) is 69.3 Å². The van der Waals surface area contributed by atoms with Crippen LogP contribution in [0.2, 0.25) is 0 Å². The summed E-state index contributed by atoms with van der Waals surface area (Å²) in [6.45, 7) is 5.32. The van der Waals surface area contributed by atoms with E-state index in [1.54, 1.807) is 55.3 Å². The number of nitrogens with one attached hydrogen (secondary N) is 1. The molecule has 2 aromatic carbocycles. The summed E-state index contributed by atoms with van der Waals surface area (Å²) < 4.78 is 16.4. The van der Waals surface area contributed by atoms with E-state index in [0.717, 1.165) is 19.6 Å². The van der Waals surface area contributed by atoms with Crippen molar-refractivity contribution in [3.63, 3.8) is 0 Å². The molecule has 0 aromatic heterocycles. The predicted octanol–water partition coefficient (Wildman–Crippen LogP) is 3.56. The number of ether oxygens (including phenoxy) is 3. The maximum atomic E-state index is 12.9. The fourth-order valence-corrected chi connectivity index (χ4v) is 4.32. The molecule has 1 unspecified atom stereocenters. The molecule has 1 fully saturated rings. The van der Waals surface area contributed by atoms with Crippen LogP contribution in [0, 0.1) is 0 Å². The van der Waals surface area contributed by atoms with Crippen molar-refractivity contribution in [1.82, 2.24) is 4.90 Å². The molecule has 1 atom stereocenters. The SMILES string of the molecule is COc1ccc(C(=O)Nc2ccc3c(c2)N(CCN2CCCCC2)C(=O)C(C)O3)cc1OC. The van der Waals surface area contributed by atoms with Crippen molar-refractivity contribution in [2.75, 3.05) is 50.6 Å². The molecule has 2 amide bonds. The van der Waals surface area contributed by atoms with Crippen molar-refractivity contribution in [3.8, 4) is 17.2 Å². The van der Waals surface area contributed by atoms with Crippen molar-refractivity contribution in [1.29, 1.82) is 0 Å². The highest BCUT2D eigenvalue weighted by Gasteiger charge is 2.32. The van der Waals surface area contributed by atoms with Gasteiger partial charge < -0.3 is 29.3 Å². The Morgan fingerprint density at radius 1 is 1.03 bits per heavy atom. The van der Waals surface area contributed by atoms with Gasteiger partial charge in [0, 0.05) is 24.3 Å². The maximum Gasteiger partial charge on any atom is 0.267 e. The number of benzene rings is 2. The van der Waals surface area contributed by atoms with Crippen LogP contribution in [0.3, 0.4) is 0 Å². The number of hydrogen-bond acceptors (Lipinski definition) is 6. The van der Waals surface area contributed by atoms with Crippen LogP contribution in [0.1, 0.15) is 36.5 Å². The van der Waals surface area contributed by atoms with Crippen molar-refractivity contribution < 1.29 is 23.8 Å². The van der Waals surface area contributed by atoms with E-state index in [1.165, 1.54) is 26.4 Å². The second kappa shape index (κ2) is 10.1. The summed E-state index contributed by atoms with van der Waals surface area (Å²) in [4.78, 5) is 30.0. The first-order chi connectivity index (χ1) is 16.0. The summed E-state index contributed by atoms with van der Waals surface area (Å²) in [6.07, 6.45) is 3.15. The first-order valence-corrected chi connectivity index (χ1v) is 11.4. The molecule has 4 rings (SSSR count). The Morgan fingerprint density at radius 3 is 2.52 bits per heavy atom. The lowest BCUT2D eigenvalue weighted by Crippen LogP contribution is -2.48. The third-order valence-electron chi connectivity index (χ3n) is 6.16. The van der Waals surface area contributed by atoms with Gasteiger partial charge in [0.15, 0.2) is 17.6 Å². The van der Waals surface area contributed by atoms with Gasteiger partial charge in [0.05, 0.1) is 19.9 Å². The molecular formula is C25H31N3O5. The van der Waals surface area contributed by atoms with Gasteiger partial charge in [0.25, 0.3) is 11.8 Å². The van der Waals surface area contributed by atoms with Gasteiger partial charge in [-0.25, -0.2) is 0 Å². The van der Waals surface area contributed by atoms with Crippen molar-refractivity contribution >= 4 is 23.2 Å². The number of anilines is 2. The number of rotatable bonds is 7. The van der Waals surface area contributed by atoms with Crippen LogP contribution in [0.4, 0.5) is 11.4 Å². The quantitative estimate of drug-likeness (QED) is 0.691. The maximum absolute atomic E-state index is 12.9. The second-order valence-electron chi connectivity index (χ2n) is 8.36. The number of nitrogens with zero attached hydrogens (tertiary/aromatic N) is 2. The van der Waals surface area contributed by atoms with E-state index >= 15 is 0 Å². The largest absolute Gasteiger partial charge is 0.493 e. The van der Waals surface area contributed by atoms with Crippen LogP contribution in [-0.4, -0.2) is 63.2 Å². The van der Waals surface area contributed by atoms with Crippen LogP contribution in [-0.2, 0) is 4.79 Å². The number of carbonyl (C=O) groups excluding carboxylic acids is 2. The first kappa shape index (κ1) is 22.9. The Kier molecular flexibility index (Phi) is 7.03. The Morgan fingerprint density at radius 2 is 1.79 bits per heavy atom. The van der Waals surface area contributed by atoms with Crippen LogP contribution in [0.25, 0.3) is 0 Å². The summed E-state index contributed by atoms with van der Waals surface area (Å²) in [6, 6.07) is 10.4. The van der Waals surface area contributed by atoms with Gasteiger partial charge in [-0.2, -0.15) is 0 Å². The van der Waals surface area contributed by atoms with Gasteiger partial charge in [-0.1, -0.05) is 6.42 Å². The molecule has 2 heterocycles. The van der Waals surface area contributed by atoms with Crippen molar-refractivity contribution in [2.45, 2.75) is 32.3 Å². The minimum absolute atomic E-state index is 0.0668. The zero-order chi connectivity index (χ0) is 23.4. The highest BCUT2D eigenvalue weighted by molar-refractivity contribution is 6.06. The third-order valence-corrected chi connectivity index (χ3v) is 6.16. The monoisotopic (exact) mass is 453 g/mol. The second-order valence-corrected chi connectivity index (χ2v) is 8.36. The molecule has 176 valence electrons. The Labute approximate surface area is 194 Å². The molecule has 2 aromatic rings. The summed E-state index contributed by atoms with van der Waals surface area (Å²) >= 11 is 0. The molecule has 0 radical (unpaired) electrons. The number of carbonyl (C=O) groups is 2. The summed E-state index contributed by atoms with van der Waals surface area (Å²) in [5.41, 5.74) is 1.70. The van der Waals surface area contributed by atoms with Crippen LogP contribution < -0.4 is 24.4 Å². The molecule has 0 saturated carbocycles. The lowest BCUT2D eigenvalue weighted by atomic mass is 10.1. The summed E-state index contributed by atoms with van der Waals surface area (Å²) in [5, 5.41) is 2.91. The Bertz CT molecular complexity index is 1020. The molecule has 1 N–H and O–H groups in total. The van der Waals surface area contributed by atoms with Crippen LogP contribution in [0.15, 0.2) is 36.4 Å². The van der Waals surface area contributed by atoms with E-state index in [1.807, 2.05) is 0 Å². The molecule has 0 aliphatic carbocycles. The van der Waals surface area contributed by atoms with Crippen LogP contribution in [0.5, 0.6) is 17.2 Å². The summed E-state index contributed by atoms with van der Waals surface area (Å²) in [7, 11) is 3.07. The number of hydrogen-bond donors (Lipinski definition) is 1. The van der Waals surface area contributed by atoms with E-state index in [4.69, 9.17) is 14.2 Å². The molecule has 33 heavy (non-hydrogen) atoms. The minimum Gasteiger partial charge on any atom is -0.493 e. The van der Waals surface area contributed by atoms with Gasteiger partial charge in [0.1, 0.15) is 5.75 Å². The molecule has 8 nitrogen and oxygen atoms in total. The molecule has 0 bridgehead atoms. The van der Waals surface area contributed by atoms with Gasteiger partial charge in [-0.3, -0.25) is 9.59 Å². The predicted molar refractivity (Wildman–Crippen MR) is 127 cm³/mol. The van der Waals surface area contributed by atoms with E-state index in [0.29, 0.717) is 40.7 Å². The topological polar surface area (TPSA) is 80.3 Å². The average molecular weight is 454 g/mol. The minimum atomic E-state index is -0.536. The van der Waals surface area contributed by atoms with E-state index in [2.05, 4.69) is 10.2 Å². The Balaban J connectivity index is 1.52. The van der Waals surface area contributed by atoms with Crippen LogP contribution >= 0.6 is 0 Å². The zero-order valence-electron chi connectivity index (χ0n) is 19.4. The van der Waals surface area contributed by atoms with Crippen molar-refractivity contribution in [2.24, 2.45) is 0 Å². The molecule has 0 spiro atoms. The molecule has 8 heteroatoms. The third kappa shape index (κ3) is 5.06. The fraction of sp³-hybridized carbons (Fsp3) is 0.440. The lowest BCUT2D eigenvalue weighted by Gasteiger charge is -2.35. The first-order valence-electron chi connectivity index (χ1n) is 11.4. The molecular weight excluding hydrogens is 422 g/mol. The summed E-state index contributed by atoms with van der Waals surface area (Å²) in [5.74, 6) is 1.32. The van der Waals surface area contributed by atoms with Gasteiger partial charge >= 0.3 is 0 Å². The fourth-order valence-electron chi connectivity index (χ4n) is 4.32. The number of methoxy groups -OCH3 is 2. The lowest BCUT2D eigenvalue weighted by molar-refractivity contribution is -0.125. The average Bonchev–Trinajstić information content (AvgIpc) is 2.84. The standard InChI is InChI=1S/C25H31N3O5/c1-17-25(30)28(14-13-27-11-5-4-6-12-27)20-16-19(8-10-21(20)33-17)26-24(29)18-7-9-22(31-2)23(15-18)32-3/h7-10,15-17H,4-6,11-14H2,1-3H3,(H,26,29). The van der Waals surface area contributed by atoms with E-state index < -0.39 is 6.10 Å². The number of likely N-dealkylation sites (tertiary alicyclic amines) is 1. The highest BCUT2D eigenvalue weighted by Crippen LogP contribution is 2.36. The van der Waals surface area contributed by atoms with E-state index in [9.17, 15) is 9.59 Å². The zero-order valence-corrected chi connectivity index (χ0v) is 19.4. The van der Waals surface area contributed by atoms with Gasteiger partial charge in [-0.15, -0.1) is 0 Å². The van der Waals surface area contributed by atoms with Crippen molar-refractivity contribution in [3.05, 3.63) is 42.0 Å². The molecule has 1 saturated heterocycles. The number of fused-ring (bicyclic) bond motifs is 1. The molecule has 2 aliphatic rings. The molecule has 2 aliphatic heterocycles. The highest BCUT2D eigenvalue weighted by atomic mass is 16.5. The Hall–Kier alpha value is -3.26. The number of piperidine rings is 1. The van der Waals surface area contributed by atoms with Gasteiger partial charge in [0.2, 0.25) is 0 Å². The van der Waals surface area contributed by atoms with E-state index in [-0.39, 0.29) is 11.8 Å².